The molecule has 7 nitrogen and oxygen atoms in total. The van der Waals surface area contributed by atoms with Gasteiger partial charge in [-0.1, -0.05) is 29.0 Å². The van der Waals surface area contributed by atoms with E-state index in [-0.39, 0.29) is 15.5 Å². The van der Waals surface area contributed by atoms with Crippen LogP contribution in [0, 0.1) is 17.0 Å². The first-order chi connectivity index (χ1) is 12.9. The summed E-state index contributed by atoms with van der Waals surface area (Å²) < 4.78 is 27.1. The summed E-state index contributed by atoms with van der Waals surface area (Å²) in [6.45, 7) is 1.88. The minimum Gasteiger partial charge on any atom is -0.258 e. The molecule has 0 aliphatic carbocycles. The van der Waals surface area contributed by atoms with E-state index in [1.54, 1.807) is 42.5 Å². The van der Waals surface area contributed by atoms with Crippen molar-refractivity contribution in [3.63, 3.8) is 0 Å². The van der Waals surface area contributed by atoms with E-state index in [0.29, 0.717) is 15.8 Å². The van der Waals surface area contributed by atoms with Gasteiger partial charge in [-0.05, 0) is 37.3 Å². The highest BCUT2D eigenvalue weighted by Crippen LogP contribution is 2.36. The number of rotatable bonds is 4. The highest BCUT2D eigenvalue weighted by molar-refractivity contribution is 7.90. The van der Waals surface area contributed by atoms with Gasteiger partial charge in [0.05, 0.1) is 9.82 Å². The zero-order valence-corrected chi connectivity index (χ0v) is 15.7. The van der Waals surface area contributed by atoms with Crippen LogP contribution < -0.4 is 0 Å². The van der Waals surface area contributed by atoms with E-state index in [1.165, 1.54) is 18.5 Å². The third kappa shape index (κ3) is 2.90. The molecule has 0 spiro atoms. The second kappa shape index (κ2) is 6.29. The second-order valence-electron chi connectivity index (χ2n) is 5.92. The number of thiophene rings is 1. The van der Waals surface area contributed by atoms with Crippen molar-refractivity contribution in [2.75, 3.05) is 0 Å². The van der Waals surface area contributed by atoms with Gasteiger partial charge in [-0.15, -0.1) is 0 Å². The number of pyridine rings is 1. The van der Waals surface area contributed by atoms with Crippen molar-refractivity contribution in [1.82, 2.24) is 8.96 Å². The SMILES string of the molecule is Cc1ccc(S(=O)(=O)n2ccc3c(-c4ccc([N+](=O)[O-])s4)ccnc32)cc1. The van der Waals surface area contributed by atoms with Gasteiger partial charge >= 0.3 is 5.00 Å². The van der Waals surface area contributed by atoms with E-state index in [0.717, 1.165) is 20.9 Å². The van der Waals surface area contributed by atoms with E-state index in [1.807, 2.05) is 6.92 Å². The normalized spacial score (nSPS) is 11.7. The third-order valence-corrected chi connectivity index (χ3v) is 6.92. The number of benzene rings is 1. The quantitative estimate of drug-likeness (QED) is 0.378. The molecule has 136 valence electrons. The molecule has 1 aromatic carbocycles. The van der Waals surface area contributed by atoms with Crippen LogP contribution in [-0.2, 0) is 10.0 Å². The Labute approximate surface area is 158 Å². The summed E-state index contributed by atoms with van der Waals surface area (Å²) in [6, 6.07) is 13.1. The Kier molecular flexibility index (Phi) is 4.05. The molecule has 0 saturated heterocycles. The van der Waals surface area contributed by atoms with Crippen LogP contribution in [0.2, 0.25) is 0 Å². The molecule has 4 rings (SSSR count). The lowest BCUT2D eigenvalue weighted by molar-refractivity contribution is -0.380. The standard InChI is InChI=1S/C18H13N3O4S2/c1-12-2-4-13(5-3-12)27(24,25)20-11-9-15-14(8-10-19-18(15)20)16-6-7-17(26-16)21(22)23/h2-11H,1H3. The largest absolute Gasteiger partial charge is 0.324 e. The Morgan fingerprint density at radius 1 is 1.07 bits per heavy atom. The monoisotopic (exact) mass is 399 g/mol. The molecule has 0 atom stereocenters. The second-order valence-corrected chi connectivity index (χ2v) is 8.80. The molecule has 0 fully saturated rings. The summed E-state index contributed by atoms with van der Waals surface area (Å²) in [7, 11) is -3.80. The Morgan fingerprint density at radius 2 is 1.81 bits per heavy atom. The topological polar surface area (TPSA) is 95.1 Å². The predicted molar refractivity (Wildman–Crippen MR) is 103 cm³/mol. The van der Waals surface area contributed by atoms with Crippen LogP contribution in [0.25, 0.3) is 21.5 Å². The van der Waals surface area contributed by atoms with E-state index in [9.17, 15) is 18.5 Å². The van der Waals surface area contributed by atoms with Crippen molar-refractivity contribution in [1.29, 1.82) is 0 Å². The number of aryl methyl sites for hydroxylation is 1. The van der Waals surface area contributed by atoms with Crippen LogP contribution in [0.3, 0.4) is 0 Å². The van der Waals surface area contributed by atoms with E-state index >= 15 is 0 Å². The first kappa shape index (κ1) is 17.4. The number of hydrogen-bond donors (Lipinski definition) is 0. The fourth-order valence-corrected chi connectivity index (χ4v) is 4.98. The molecule has 27 heavy (non-hydrogen) atoms. The summed E-state index contributed by atoms with van der Waals surface area (Å²) in [4.78, 5) is 15.6. The molecule has 0 unspecified atom stereocenters. The van der Waals surface area contributed by atoms with Gasteiger partial charge in [0, 0.05) is 34.3 Å². The molecule has 9 heteroatoms. The van der Waals surface area contributed by atoms with Crippen LogP contribution in [0.4, 0.5) is 5.00 Å². The lowest BCUT2D eigenvalue weighted by Gasteiger charge is -2.08. The van der Waals surface area contributed by atoms with Gasteiger partial charge in [0.2, 0.25) is 0 Å². The minimum atomic E-state index is -3.80. The molecule has 0 bridgehead atoms. The van der Waals surface area contributed by atoms with E-state index in [4.69, 9.17) is 0 Å². The summed E-state index contributed by atoms with van der Waals surface area (Å²) in [5.74, 6) is 0. The van der Waals surface area contributed by atoms with Crippen molar-refractivity contribution in [3.05, 3.63) is 76.6 Å². The average molecular weight is 399 g/mol. The summed E-state index contributed by atoms with van der Waals surface area (Å²) in [5.41, 5.74) is 1.95. The first-order valence-electron chi connectivity index (χ1n) is 7.91. The molecule has 0 saturated carbocycles. The lowest BCUT2D eigenvalue weighted by atomic mass is 10.1. The summed E-state index contributed by atoms with van der Waals surface area (Å²) in [6.07, 6.45) is 2.96. The zero-order chi connectivity index (χ0) is 19.2. The number of nitro groups is 1. The van der Waals surface area contributed by atoms with Gasteiger partial charge in [-0.3, -0.25) is 10.1 Å². The van der Waals surface area contributed by atoms with Gasteiger partial charge < -0.3 is 0 Å². The molecular weight excluding hydrogens is 386 g/mol. The minimum absolute atomic E-state index is 0.0293. The maximum atomic E-state index is 13.0. The number of aromatic nitrogens is 2. The Morgan fingerprint density at radius 3 is 2.48 bits per heavy atom. The van der Waals surface area contributed by atoms with Crippen LogP contribution >= 0.6 is 11.3 Å². The molecular formula is C18H13N3O4S2. The average Bonchev–Trinajstić information content (AvgIpc) is 3.29. The highest BCUT2D eigenvalue weighted by Gasteiger charge is 2.21. The van der Waals surface area contributed by atoms with Gasteiger partial charge in [-0.2, -0.15) is 0 Å². The molecule has 0 amide bonds. The summed E-state index contributed by atoms with van der Waals surface area (Å²) >= 11 is 1.04. The zero-order valence-electron chi connectivity index (χ0n) is 14.1. The van der Waals surface area contributed by atoms with Gasteiger partial charge in [0.25, 0.3) is 10.0 Å². The van der Waals surface area contributed by atoms with Crippen molar-refractivity contribution < 1.29 is 13.3 Å². The van der Waals surface area contributed by atoms with Crippen molar-refractivity contribution in [2.24, 2.45) is 0 Å². The molecule has 0 radical (unpaired) electrons. The molecule has 0 aliphatic heterocycles. The van der Waals surface area contributed by atoms with Crippen molar-refractivity contribution >= 4 is 37.4 Å². The van der Waals surface area contributed by atoms with E-state index in [2.05, 4.69) is 4.98 Å². The molecule has 0 aliphatic rings. The smallest absolute Gasteiger partial charge is 0.258 e. The highest BCUT2D eigenvalue weighted by atomic mass is 32.2. The number of fused-ring (bicyclic) bond motifs is 1. The Bertz CT molecular complexity index is 1270. The Balaban J connectivity index is 1.87. The third-order valence-electron chi connectivity index (χ3n) is 4.17. The number of nitrogens with zero attached hydrogens (tertiary/aromatic N) is 3. The molecule has 4 aromatic rings. The molecule has 3 heterocycles. The van der Waals surface area contributed by atoms with Gasteiger partial charge in [0.15, 0.2) is 5.65 Å². The Hall–Kier alpha value is -3.04. The van der Waals surface area contributed by atoms with Gasteiger partial charge in [-0.25, -0.2) is 17.4 Å². The van der Waals surface area contributed by atoms with Crippen LogP contribution in [0.1, 0.15) is 5.56 Å². The number of hydrogen-bond acceptors (Lipinski definition) is 6. The lowest BCUT2D eigenvalue weighted by Crippen LogP contribution is -2.12. The summed E-state index contributed by atoms with van der Waals surface area (Å²) in [5, 5.41) is 11.6. The fraction of sp³-hybridized carbons (Fsp3) is 0.0556. The van der Waals surface area contributed by atoms with Crippen LogP contribution in [0.5, 0.6) is 0 Å². The van der Waals surface area contributed by atoms with Crippen LogP contribution in [0.15, 0.2) is 65.8 Å². The first-order valence-corrected chi connectivity index (χ1v) is 10.2. The van der Waals surface area contributed by atoms with Crippen molar-refractivity contribution in [2.45, 2.75) is 11.8 Å². The van der Waals surface area contributed by atoms with Crippen LogP contribution in [-0.4, -0.2) is 22.3 Å². The predicted octanol–water partition coefficient (Wildman–Crippen LogP) is 4.22. The molecule has 0 N–H and O–H groups in total. The van der Waals surface area contributed by atoms with Crippen molar-refractivity contribution in [3.8, 4) is 10.4 Å². The maximum Gasteiger partial charge on any atom is 0.324 e. The van der Waals surface area contributed by atoms with E-state index < -0.39 is 14.9 Å². The van der Waals surface area contributed by atoms with Gasteiger partial charge in [0.1, 0.15) is 0 Å². The maximum absolute atomic E-state index is 13.0. The molecule has 3 aromatic heterocycles. The fourth-order valence-electron chi connectivity index (χ4n) is 2.82.